The number of hydrogen-bond donors (Lipinski definition) is 2. The van der Waals surface area contributed by atoms with Crippen molar-refractivity contribution in [3.8, 4) is 5.75 Å². The number of aliphatic hydroxyl groups excluding tert-OH is 1. The molecule has 2 rings (SSSR count). The van der Waals surface area contributed by atoms with Gasteiger partial charge in [0.1, 0.15) is 12.4 Å². The second kappa shape index (κ2) is 6.81. The predicted octanol–water partition coefficient (Wildman–Crippen LogP) is 2.26. The van der Waals surface area contributed by atoms with Gasteiger partial charge in [0.25, 0.3) is 0 Å². The van der Waals surface area contributed by atoms with Gasteiger partial charge in [0.05, 0.1) is 0 Å². The van der Waals surface area contributed by atoms with Gasteiger partial charge in [-0.05, 0) is 25.5 Å². The molecule has 1 unspecified atom stereocenters. The Hall–Kier alpha value is -1.46. The maximum atomic E-state index is 13.0. The van der Waals surface area contributed by atoms with Crippen molar-refractivity contribution in [2.24, 2.45) is 5.92 Å². The minimum absolute atomic E-state index is 0.0650. The first-order valence-electron chi connectivity index (χ1n) is 6.71. The Bertz CT molecular complexity index is 479. The SMILES string of the molecule is CC(COc1ccc(F)c(F)c1)N[C@@H]1C=C[C@H](CO)C1. The molecule has 0 amide bonds. The monoisotopic (exact) mass is 283 g/mol. The first-order chi connectivity index (χ1) is 9.58. The molecule has 0 heterocycles. The molecular formula is C15H19F2NO2. The van der Waals surface area contributed by atoms with Crippen molar-refractivity contribution in [2.75, 3.05) is 13.2 Å². The third-order valence-electron chi connectivity index (χ3n) is 3.30. The molecule has 20 heavy (non-hydrogen) atoms. The highest BCUT2D eigenvalue weighted by molar-refractivity contribution is 5.23. The zero-order valence-corrected chi connectivity index (χ0v) is 11.4. The van der Waals surface area contributed by atoms with E-state index in [0.717, 1.165) is 18.6 Å². The van der Waals surface area contributed by atoms with Crippen LogP contribution in [0, 0.1) is 17.6 Å². The number of aliphatic hydroxyl groups is 1. The highest BCUT2D eigenvalue weighted by atomic mass is 19.2. The number of hydrogen-bond acceptors (Lipinski definition) is 3. The molecule has 1 aliphatic carbocycles. The van der Waals surface area contributed by atoms with Crippen molar-refractivity contribution in [3.63, 3.8) is 0 Å². The lowest BCUT2D eigenvalue weighted by molar-refractivity contribution is 0.236. The highest BCUT2D eigenvalue weighted by Gasteiger charge is 2.19. The molecule has 2 N–H and O–H groups in total. The molecule has 3 atom stereocenters. The second-order valence-corrected chi connectivity index (χ2v) is 5.12. The summed E-state index contributed by atoms with van der Waals surface area (Å²) in [5.41, 5.74) is 0. The normalized spacial score (nSPS) is 23.0. The van der Waals surface area contributed by atoms with Crippen LogP contribution < -0.4 is 10.1 Å². The smallest absolute Gasteiger partial charge is 0.162 e. The first kappa shape index (κ1) is 14.9. The molecule has 1 aliphatic rings. The zero-order chi connectivity index (χ0) is 14.5. The fourth-order valence-electron chi connectivity index (χ4n) is 2.23. The van der Waals surface area contributed by atoms with Gasteiger partial charge in [-0.25, -0.2) is 8.78 Å². The van der Waals surface area contributed by atoms with Gasteiger partial charge in [0, 0.05) is 30.7 Å². The van der Waals surface area contributed by atoms with Crippen LogP contribution in [0.5, 0.6) is 5.75 Å². The van der Waals surface area contributed by atoms with E-state index in [1.54, 1.807) is 0 Å². The molecule has 0 saturated carbocycles. The van der Waals surface area contributed by atoms with Gasteiger partial charge < -0.3 is 15.2 Å². The molecular weight excluding hydrogens is 264 g/mol. The topological polar surface area (TPSA) is 41.5 Å². The van der Waals surface area contributed by atoms with Crippen molar-refractivity contribution in [3.05, 3.63) is 42.0 Å². The van der Waals surface area contributed by atoms with Crippen molar-refractivity contribution < 1.29 is 18.6 Å². The van der Waals surface area contributed by atoms with Crippen LogP contribution >= 0.6 is 0 Å². The fraction of sp³-hybridized carbons (Fsp3) is 0.467. The van der Waals surface area contributed by atoms with Gasteiger partial charge in [-0.3, -0.25) is 0 Å². The van der Waals surface area contributed by atoms with Gasteiger partial charge in [0.15, 0.2) is 11.6 Å². The molecule has 3 nitrogen and oxygen atoms in total. The van der Waals surface area contributed by atoms with Gasteiger partial charge in [-0.2, -0.15) is 0 Å². The predicted molar refractivity (Wildman–Crippen MR) is 72.6 cm³/mol. The summed E-state index contributed by atoms with van der Waals surface area (Å²) in [6.07, 6.45) is 4.90. The first-order valence-corrected chi connectivity index (χ1v) is 6.71. The third-order valence-corrected chi connectivity index (χ3v) is 3.30. The van der Waals surface area contributed by atoms with E-state index in [1.807, 2.05) is 19.1 Å². The van der Waals surface area contributed by atoms with E-state index >= 15 is 0 Å². The fourth-order valence-corrected chi connectivity index (χ4v) is 2.23. The van der Waals surface area contributed by atoms with Crippen LogP contribution in [-0.2, 0) is 0 Å². The van der Waals surface area contributed by atoms with Gasteiger partial charge in [0.2, 0.25) is 0 Å². The Labute approximate surface area is 117 Å². The van der Waals surface area contributed by atoms with Crippen LogP contribution in [0.1, 0.15) is 13.3 Å². The second-order valence-electron chi connectivity index (χ2n) is 5.12. The maximum Gasteiger partial charge on any atom is 0.162 e. The van der Waals surface area contributed by atoms with Crippen LogP contribution in [0.2, 0.25) is 0 Å². The minimum atomic E-state index is -0.910. The molecule has 0 radical (unpaired) electrons. The van der Waals surface area contributed by atoms with E-state index in [2.05, 4.69) is 5.32 Å². The van der Waals surface area contributed by atoms with Crippen molar-refractivity contribution in [2.45, 2.75) is 25.4 Å². The van der Waals surface area contributed by atoms with Crippen LogP contribution in [0.4, 0.5) is 8.78 Å². The van der Waals surface area contributed by atoms with Crippen LogP contribution in [0.15, 0.2) is 30.4 Å². The summed E-state index contributed by atoms with van der Waals surface area (Å²) >= 11 is 0. The third kappa shape index (κ3) is 4.02. The molecule has 1 aromatic rings. The number of halogens is 2. The molecule has 0 bridgehead atoms. The van der Waals surface area contributed by atoms with Crippen LogP contribution in [0.3, 0.4) is 0 Å². The van der Waals surface area contributed by atoms with Gasteiger partial charge >= 0.3 is 0 Å². The Balaban J connectivity index is 1.76. The summed E-state index contributed by atoms with van der Waals surface area (Å²) in [5.74, 6) is -1.26. The van der Waals surface area contributed by atoms with Crippen molar-refractivity contribution >= 4 is 0 Å². The van der Waals surface area contributed by atoms with Crippen LogP contribution in [0.25, 0.3) is 0 Å². The van der Waals surface area contributed by atoms with Crippen molar-refractivity contribution in [1.29, 1.82) is 0 Å². The Morgan fingerprint density at radius 1 is 1.35 bits per heavy atom. The molecule has 5 heteroatoms. The van der Waals surface area contributed by atoms with E-state index < -0.39 is 11.6 Å². The number of benzene rings is 1. The quantitative estimate of drug-likeness (QED) is 0.787. The molecule has 110 valence electrons. The maximum absolute atomic E-state index is 13.0. The van der Waals surface area contributed by atoms with Crippen LogP contribution in [-0.4, -0.2) is 30.4 Å². The van der Waals surface area contributed by atoms with E-state index in [-0.39, 0.29) is 24.6 Å². The summed E-state index contributed by atoms with van der Waals surface area (Å²) in [6, 6.07) is 3.78. The summed E-state index contributed by atoms with van der Waals surface area (Å²) < 4.78 is 31.2. The zero-order valence-electron chi connectivity index (χ0n) is 11.4. The Morgan fingerprint density at radius 2 is 2.15 bits per heavy atom. The van der Waals surface area contributed by atoms with E-state index in [0.29, 0.717) is 12.4 Å². The summed E-state index contributed by atoms with van der Waals surface area (Å²) in [4.78, 5) is 0. The average molecular weight is 283 g/mol. The highest BCUT2D eigenvalue weighted by Crippen LogP contribution is 2.18. The summed E-state index contributed by atoms with van der Waals surface area (Å²) in [7, 11) is 0. The molecule has 1 aromatic carbocycles. The minimum Gasteiger partial charge on any atom is -0.492 e. The van der Waals surface area contributed by atoms with E-state index in [1.165, 1.54) is 6.07 Å². The Kier molecular flexibility index (Phi) is 5.09. The summed E-state index contributed by atoms with van der Waals surface area (Å²) in [6.45, 7) is 2.48. The number of nitrogens with one attached hydrogen (secondary N) is 1. The Morgan fingerprint density at radius 3 is 2.80 bits per heavy atom. The lowest BCUT2D eigenvalue weighted by atomic mass is 10.1. The summed E-state index contributed by atoms with van der Waals surface area (Å²) in [5, 5.41) is 12.4. The molecule has 0 saturated heterocycles. The number of rotatable bonds is 6. The molecule has 0 spiro atoms. The van der Waals surface area contributed by atoms with E-state index in [4.69, 9.17) is 9.84 Å². The number of ether oxygens (including phenoxy) is 1. The van der Waals surface area contributed by atoms with Gasteiger partial charge in [-0.1, -0.05) is 12.2 Å². The van der Waals surface area contributed by atoms with Gasteiger partial charge in [-0.15, -0.1) is 0 Å². The average Bonchev–Trinajstić information content (AvgIpc) is 2.88. The van der Waals surface area contributed by atoms with Crippen molar-refractivity contribution in [1.82, 2.24) is 5.32 Å². The largest absolute Gasteiger partial charge is 0.492 e. The molecule has 0 aliphatic heterocycles. The lowest BCUT2D eigenvalue weighted by Crippen LogP contribution is -2.38. The van der Waals surface area contributed by atoms with E-state index in [9.17, 15) is 8.78 Å². The lowest BCUT2D eigenvalue weighted by Gasteiger charge is -2.19. The molecule has 0 aromatic heterocycles. The standard InChI is InChI=1S/C15H19F2NO2/c1-10(18-12-3-2-11(6-12)8-19)9-20-13-4-5-14(16)15(17)7-13/h2-5,7,10-12,18-19H,6,8-9H2,1H3/t10?,11-,12+/m0/s1. The molecule has 0 fully saturated rings.